The minimum atomic E-state index is -1.14. The summed E-state index contributed by atoms with van der Waals surface area (Å²) >= 11 is 0. The van der Waals surface area contributed by atoms with Gasteiger partial charge >= 0.3 is 23.9 Å². The highest BCUT2D eigenvalue weighted by atomic mass is 16.6. The van der Waals surface area contributed by atoms with E-state index in [-0.39, 0.29) is 17.9 Å². The SMILES string of the molecule is COC(=O)[C@@H](Cc1ccc(OC(C)=O)c(OC(C)=O)c1)OC(C)=O. The van der Waals surface area contributed by atoms with Gasteiger partial charge in [-0.3, -0.25) is 14.4 Å². The summed E-state index contributed by atoms with van der Waals surface area (Å²) in [5.74, 6) is -2.47. The summed E-state index contributed by atoms with van der Waals surface area (Å²) in [6.07, 6.45) is -1.14. The second kappa shape index (κ2) is 8.66. The molecule has 1 aromatic carbocycles. The fourth-order valence-corrected chi connectivity index (χ4v) is 1.87. The lowest BCUT2D eigenvalue weighted by molar-refractivity contribution is -0.164. The fraction of sp³-hybridized carbons (Fsp3) is 0.375. The van der Waals surface area contributed by atoms with Gasteiger partial charge in [-0.15, -0.1) is 0 Å². The first-order valence-electron chi connectivity index (χ1n) is 6.97. The predicted molar refractivity (Wildman–Crippen MR) is 80.3 cm³/mol. The lowest BCUT2D eigenvalue weighted by Crippen LogP contribution is -2.29. The van der Waals surface area contributed by atoms with Crippen LogP contribution in [0.4, 0.5) is 0 Å². The van der Waals surface area contributed by atoms with Crippen molar-refractivity contribution in [1.29, 1.82) is 0 Å². The Balaban J connectivity index is 3.09. The van der Waals surface area contributed by atoms with Crippen LogP contribution in [0.25, 0.3) is 0 Å². The molecule has 1 aromatic rings. The molecule has 8 nitrogen and oxygen atoms in total. The maximum Gasteiger partial charge on any atom is 0.347 e. The Morgan fingerprint density at radius 3 is 2.00 bits per heavy atom. The van der Waals surface area contributed by atoms with Crippen LogP contribution >= 0.6 is 0 Å². The zero-order valence-corrected chi connectivity index (χ0v) is 13.8. The average molecular weight is 338 g/mol. The quantitative estimate of drug-likeness (QED) is 0.562. The van der Waals surface area contributed by atoms with Gasteiger partial charge in [-0.05, 0) is 17.7 Å². The number of hydrogen-bond acceptors (Lipinski definition) is 8. The van der Waals surface area contributed by atoms with E-state index >= 15 is 0 Å². The van der Waals surface area contributed by atoms with Gasteiger partial charge in [0.1, 0.15) is 0 Å². The first-order valence-corrected chi connectivity index (χ1v) is 6.97. The Bertz CT molecular complexity index is 649. The number of rotatable bonds is 6. The summed E-state index contributed by atoms with van der Waals surface area (Å²) in [5.41, 5.74) is 0.513. The van der Waals surface area contributed by atoms with Gasteiger partial charge < -0.3 is 18.9 Å². The van der Waals surface area contributed by atoms with E-state index in [1.165, 1.54) is 40.0 Å². The van der Waals surface area contributed by atoms with Crippen LogP contribution in [-0.2, 0) is 35.1 Å². The molecule has 1 rings (SSSR count). The first-order chi connectivity index (χ1) is 11.2. The summed E-state index contributed by atoms with van der Waals surface area (Å²) in [5, 5.41) is 0. The third kappa shape index (κ3) is 6.07. The summed E-state index contributed by atoms with van der Waals surface area (Å²) in [6.45, 7) is 3.57. The second-order valence-electron chi connectivity index (χ2n) is 4.79. The minimum absolute atomic E-state index is 0.000863. The molecular weight excluding hydrogens is 320 g/mol. The molecule has 0 aliphatic carbocycles. The number of carbonyl (C=O) groups is 4. The van der Waals surface area contributed by atoms with Crippen LogP contribution in [0.5, 0.6) is 11.5 Å². The van der Waals surface area contributed by atoms with Crippen LogP contribution < -0.4 is 9.47 Å². The van der Waals surface area contributed by atoms with Gasteiger partial charge in [-0.2, -0.15) is 0 Å². The third-order valence-electron chi connectivity index (χ3n) is 2.71. The van der Waals surface area contributed by atoms with Crippen LogP contribution in [0.3, 0.4) is 0 Å². The molecule has 0 fully saturated rings. The van der Waals surface area contributed by atoms with E-state index < -0.39 is 30.0 Å². The maximum absolute atomic E-state index is 11.7. The van der Waals surface area contributed by atoms with E-state index in [1.54, 1.807) is 6.07 Å². The zero-order valence-electron chi connectivity index (χ0n) is 13.8. The zero-order chi connectivity index (χ0) is 18.3. The Morgan fingerprint density at radius 1 is 0.917 bits per heavy atom. The highest BCUT2D eigenvalue weighted by Gasteiger charge is 2.24. The number of benzene rings is 1. The molecule has 1 atom stereocenters. The van der Waals surface area contributed by atoms with Crippen molar-refractivity contribution in [2.24, 2.45) is 0 Å². The number of esters is 4. The number of hydrogen-bond donors (Lipinski definition) is 0. The lowest BCUT2D eigenvalue weighted by Gasteiger charge is -2.16. The third-order valence-corrected chi connectivity index (χ3v) is 2.71. The van der Waals surface area contributed by atoms with Crippen molar-refractivity contribution < 1.29 is 38.1 Å². The van der Waals surface area contributed by atoms with Crippen LogP contribution in [-0.4, -0.2) is 37.1 Å². The molecule has 0 amide bonds. The van der Waals surface area contributed by atoms with Crippen molar-refractivity contribution >= 4 is 23.9 Å². The van der Waals surface area contributed by atoms with E-state index in [2.05, 4.69) is 4.74 Å². The van der Waals surface area contributed by atoms with Gasteiger partial charge in [-0.25, -0.2) is 4.79 Å². The number of ether oxygens (including phenoxy) is 4. The molecule has 0 heterocycles. The van der Waals surface area contributed by atoms with Crippen LogP contribution in [0.15, 0.2) is 18.2 Å². The lowest BCUT2D eigenvalue weighted by atomic mass is 10.1. The van der Waals surface area contributed by atoms with Crippen LogP contribution in [0.1, 0.15) is 26.3 Å². The van der Waals surface area contributed by atoms with Crippen molar-refractivity contribution in [3.8, 4) is 11.5 Å². The fourth-order valence-electron chi connectivity index (χ4n) is 1.87. The van der Waals surface area contributed by atoms with Crippen molar-refractivity contribution in [2.45, 2.75) is 33.3 Å². The molecule has 0 aliphatic rings. The normalized spacial score (nSPS) is 11.2. The molecule has 0 saturated carbocycles. The van der Waals surface area contributed by atoms with Crippen molar-refractivity contribution in [1.82, 2.24) is 0 Å². The van der Waals surface area contributed by atoms with Crippen molar-refractivity contribution in [2.75, 3.05) is 7.11 Å². The van der Waals surface area contributed by atoms with Gasteiger partial charge in [0.15, 0.2) is 11.5 Å². The minimum Gasteiger partial charge on any atom is -0.466 e. The number of methoxy groups -OCH3 is 1. The molecular formula is C16H18O8. The molecule has 0 unspecified atom stereocenters. The summed E-state index contributed by atoms with van der Waals surface area (Å²) < 4.78 is 19.4. The Morgan fingerprint density at radius 2 is 1.50 bits per heavy atom. The molecule has 130 valence electrons. The largest absolute Gasteiger partial charge is 0.466 e. The summed E-state index contributed by atoms with van der Waals surface area (Å²) in [7, 11) is 1.17. The van der Waals surface area contributed by atoms with Crippen molar-refractivity contribution in [3.05, 3.63) is 23.8 Å². The Kier molecular flexibility index (Phi) is 6.91. The van der Waals surface area contributed by atoms with E-state index in [9.17, 15) is 19.2 Å². The van der Waals surface area contributed by atoms with Crippen LogP contribution in [0, 0.1) is 0 Å². The summed E-state index contributed by atoms with van der Waals surface area (Å²) in [4.78, 5) is 45.0. The van der Waals surface area contributed by atoms with Gasteiger partial charge in [0.25, 0.3) is 0 Å². The topological polar surface area (TPSA) is 105 Å². The molecule has 8 heteroatoms. The van der Waals surface area contributed by atoms with E-state index in [0.717, 1.165) is 0 Å². The average Bonchev–Trinajstić information content (AvgIpc) is 2.47. The predicted octanol–water partition coefficient (Wildman–Crippen LogP) is 1.18. The van der Waals surface area contributed by atoms with Gasteiger partial charge in [0.05, 0.1) is 7.11 Å². The molecule has 0 N–H and O–H groups in total. The molecule has 0 aliphatic heterocycles. The Labute approximate surface area is 138 Å². The monoisotopic (exact) mass is 338 g/mol. The summed E-state index contributed by atoms with van der Waals surface area (Å²) in [6, 6.07) is 4.38. The Hall–Kier alpha value is -2.90. The first kappa shape index (κ1) is 19.1. The molecule has 0 saturated heterocycles. The van der Waals surface area contributed by atoms with E-state index in [4.69, 9.17) is 14.2 Å². The molecule has 0 bridgehead atoms. The van der Waals surface area contributed by atoms with E-state index in [0.29, 0.717) is 5.56 Å². The maximum atomic E-state index is 11.7. The van der Waals surface area contributed by atoms with Crippen molar-refractivity contribution in [3.63, 3.8) is 0 Å². The van der Waals surface area contributed by atoms with Gasteiger partial charge in [0, 0.05) is 27.2 Å². The molecule has 24 heavy (non-hydrogen) atoms. The molecule has 0 spiro atoms. The van der Waals surface area contributed by atoms with Gasteiger partial charge in [-0.1, -0.05) is 6.07 Å². The van der Waals surface area contributed by atoms with E-state index in [1.807, 2.05) is 0 Å². The van der Waals surface area contributed by atoms with Crippen LogP contribution in [0.2, 0.25) is 0 Å². The van der Waals surface area contributed by atoms with Gasteiger partial charge in [0.2, 0.25) is 6.10 Å². The second-order valence-corrected chi connectivity index (χ2v) is 4.79. The smallest absolute Gasteiger partial charge is 0.347 e. The highest BCUT2D eigenvalue weighted by molar-refractivity contribution is 5.79. The molecule has 0 aromatic heterocycles. The number of carbonyl (C=O) groups excluding carboxylic acids is 4. The highest BCUT2D eigenvalue weighted by Crippen LogP contribution is 2.29. The standard InChI is InChI=1S/C16H18O8/c1-9(17)22-13-6-5-12(7-14(13)23-10(2)18)8-15(16(20)21-4)24-11(3)19/h5-7,15H,8H2,1-4H3/t15-/m1/s1. The molecule has 0 radical (unpaired) electrons.